The van der Waals surface area contributed by atoms with Crippen LogP contribution in [-0.2, 0) is 9.59 Å². The number of methoxy groups -OCH3 is 2. The number of hydrogen-bond donors (Lipinski definition) is 1. The molecule has 0 aromatic heterocycles. The first-order valence-electron chi connectivity index (χ1n) is 9.95. The van der Waals surface area contributed by atoms with Crippen LogP contribution >= 0.6 is 23.4 Å². The molecular formula is C23H26ClNO5S. The van der Waals surface area contributed by atoms with Gasteiger partial charge in [-0.3, -0.25) is 9.59 Å². The van der Waals surface area contributed by atoms with E-state index in [1.807, 2.05) is 38.1 Å². The molecule has 0 aliphatic carbocycles. The zero-order valence-corrected chi connectivity index (χ0v) is 19.5. The summed E-state index contributed by atoms with van der Waals surface area (Å²) in [6, 6.07) is 10.9. The molecule has 1 amide bonds. The number of hydrogen-bond acceptors (Lipinski definition) is 5. The minimum Gasteiger partial charge on any atom is -0.497 e. The van der Waals surface area contributed by atoms with Crippen LogP contribution in [0.3, 0.4) is 0 Å². The van der Waals surface area contributed by atoms with Gasteiger partial charge in [0.05, 0.1) is 31.1 Å². The number of benzene rings is 2. The molecule has 0 saturated heterocycles. The van der Waals surface area contributed by atoms with Gasteiger partial charge < -0.3 is 19.5 Å². The molecule has 0 saturated carbocycles. The van der Waals surface area contributed by atoms with Gasteiger partial charge in [-0.05, 0) is 35.7 Å². The zero-order chi connectivity index (χ0) is 22.7. The molecule has 166 valence electrons. The molecule has 0 bridgehead atoms. The predicted octanol–water partition coefficient (Wildman–Crippen LogP) is 5.03. The number of nitrogens with zero attached hydrogens (tertiary/aromatic N) is 1. The Balaban J connectivity index is 2.22. The summed E-state index contributed by atoms with van der Waals surface area (Å²) in [6.45, 7) is 4.53. The normalized spacial score (nSPS) is 18.5. The second-order valence-electron chi connectivity index (χ2n) is 7.76. The van der Waals surface area contributed by atoms with Crippen LogP contribution in [0.5, 0.6) is 11.5 Å². The van der Waals surface area contributed by atoms with E-state index in [1.165, 1.54) is 11.8 Å². The van der Waals surface area contributed by atoms with Gasteiger partial charge in [0.25, 0.3) is 0 Å². The van der Waals surface area contributed by atoms with Gasteiger partial charge in [-0.25, -0.2) is 0 Å². The van der Waals surface area contributed by atoms with Crippen molar-refractivity contribution in [3.63, 3.8) is 0 Å². The number of amides is 1. The van der Waals surface area contributed by atoms with Gasteiger partial charge >= 0.3 is 5.97 Å². The van der Waals surface area contributed by atoms with E-state index in [4.69, 9.17) is 21.1 Å². The van der Waals surface area contributed by atoms with Gasteiger partial charge in [0.2, 0.25) is 5.91 Å². The average molecular weight is 464 g/mol. The van der Waals surface area contributed by atoms with Crippen molar-refractivity contribution in [2.24, 2.45) is 5.92 Å². The highest BCUT2D eigenvalue weighted by atomic mass is 35.5. The Hall–Kier alpha value is -2.38. The van der Waals surface area contributed by atoms with E-state index in [-0.39, 0.29) is 23.5 Å². The second-order valence-corrected chi connectivity index (χ2v) is 9.51. The fraction of sp³-hybridized carbons (Fsp3) is 0.391. The van der Waals surface area contributed by atoms with Gasteiger partial charge in [-0.1, -0.05) is 31.5 Å². The van der Waals surface area contributed by atoms with E-state index in [9.17, 15) is 14.7 Å². The molecule has 1 N–H and O–H groups in total. The summed E-state index contributed by atoms with van der Waals surface area (Å²) in [4.78, 5) is 26.7. The van der Waals surface area contributed by atoms with Crippen LogP contribution < -0.4 is 14.4 Å². The highest BCUT2D eigenvalue weighted by Gasteiger charge is 2.38. The number of thioether (sulfide) groups is 1. The molecule has 1 aliphatic rings. The summed E-state index contributed by atoms with van der Waals surface area (Å²) in [7, 11) is 3.15. The van der Waals surface area contributed by atoms with E-state index >= 15 is 0 Å². The lowest BCUT2D eigenvalue weighted by molar-refractivity contribution is -0.138. The Morgan fingerprint density at radius 3 is 2.52 bits per heavy atom. The smallest absolute Gasteiger partial charge is 0.305 e. The van der Waals surface area contributed by atoms with Crippen molar-refractivity contribution in [1.29, 1.82) is 0 Å². The molecule has 2 aromatic carbocycles. The number of halogens is 1. The summed E-state index contributed by atoms with van der Waals surface area (Å²) in [6.07, 6.45) is -0.269. The molecule has 3 rings (SSSR count). The fourth-order valence-electron chi connectivity index (χ4n) is 3.69. The minimum atomic E-state index is -1.01. The lowest BCUT2D eigenvalue weighted by atomic mass is 10.00. The van der Waals surface area contributed by atoms with Crippen LogP contribution in [0.2, 0.25) is 5.02 Å². The largest absolute Gasteiger partial charge is 0.497 e. The fourth-order valence-corrected chi connectivity index (χ4v) is 5.36. The zero-order valence-electron chi connectivity index (χ0n) is 17.9. The molecule has 1 heterocycles. The molecule has 1 aliphatic heterocycles. The maximum Gasteiger partial charge on any atom is 0.305 e. The molecule has 6 nitrogen and oxygen atoms in total. The summed E-state index contributed by atoms with van der Waals surface area (Å²) in [5.74, 6) is 0.223. The molecule has 0 radical (unpaired) electrons. The third kappa shape index (κ3) is 5.10. The molecule has 0 fully saturated rings. The van der Waals surface area contributed by atoms with Crippen molar-refractivity contribution in [3.8, 4) is 11.5 Å². The molecule has 0 spiro atoms. The Kier molecular flexibility index (Phi) is 7.38. The van der Waals surface area contributed by atoms with Crippen LogP contribution in [-0.4, -0.2) is 43.0 Å². The highest BCUT2D eigenvalue weighted by Crippen LogP contribution is 2.50. The number of carbonyl (C=O) groups is 2. The first kappa shape index (κ1) is 23.3. The number of carboxylic acids is 1. The maximum absolute atomic E-state index is 13.5. The van der Waals surface area contributed by atoms with Crippen molar-refractivity contribution >= 4 is 40.9 Å². The van der Waals surface area contributed by atoms with Crippen LogP contribution in [0.15, 0.2) is 36.4 Å². The summed E-state index contributed by atoms with van der Waals surface area (Å²) < 4.78 is 10.9. The first-order valence-corrected chi connectivity index (χ1v) is 11.3. The molecule has 2 atom stereocenters. The van der Waals surface area contributed by atoms with Gasteiger partial charge in [0, 0.05) is 28.9 Å². The number of ether oxygens (including phenoxy) is 2. The van der Waals surface area contributed by atoms with Crippen molar-refractivity contribution in [2.75, 3.05) is 25.7 Å². The number of anilines is 1. The van der Waals surface area contributed by atoms with Gasteiger partial charge in [-0.15, -0.1) is 11.8 Å². The Bertz CT molecular complexity index is 980. The van der Waals surface area contributed by atoms with Crippen molar-refractivity contribution in [2.45, 2.75) is 30.8 Å². The Morgan fingerprint density at radius 1 is 1.16 bits per heavy atom. The standard InChI is InChI=1S/C23H26ClNO5S/c1-13(2)12-25-18-8-5-14(24)9-17(18)22(31-20(23(25)28)11-21(26)27)16-7-6-15(29-3)10-19(16)30-4/h5-10,13,20,22H,11-12H2,1-4H3,(H,26,27). The third-order valence-electron chi connectivity index (χ3n) is 5.04. The number of carbonyl (C=O) groups excluding carboxylic acids is 1. The van der Waals surface area contributed by atoms with Crippen LogP contribution in [0.25, 0.3) is 0 Å². The first-order chi connectivity index (χ1) is 14.7. The Morgan fingerprint density at radius 2 is 1.90 bits per heavy atom. The van der Waals surface area contributed by atoms with Crippen molar-refractivity contribution in [1.82, 2.24) is 0 Å². The van der Waals surface area contributed by atoms with Gasteiger partial charge in [0.1, 0.15) is 11.5 Å². The van der Waals surface area contributed by atoms with Gasteiger partial charge in [-0.2, -0.15) is 0 Å². The molecule has 2 aromatic rings. The molecular weight excluding hydrogens is 438 g/mol. The van der Waals surface area contributed by atoms with E-state index in [0.29, 0.717) is 23.1 Å². The second kappa shape index (κ2) is 9.83. The summed E-state index contributed by atoms with van der Waals surface area (Å²) in [5.41, 5.74) is 2.42. The summed E-state index contributed by atoms with van der Waals surface area (Å²) in [5, 5.41) is 8.93. The molecule has 2 unspecified atom stereocenters. The summed E-state index contributed by atoms with van der Waals surface area (Å²) >= 11 is 7.67. The van der Waals surface area contributed by atoms with Crippen LogP contribution in [0.4, 0.5) is 5.69 Å². The van der Waals surface area contributed by atoms with Gasteiger partial charge in [0.15, 0.2) is 0 Å². The number of fused-ring (bicyclic) bond motifs is 1. The SMILES string of the molecule is COc1ccc(C2SC(CC(=O)O)C(=O)N(CC(C)C)c3ccc(Cl)cc32)c(OC)c1. The Labute approximate surface area is 191 Å². The van der Waals surface area contributed by atoms with E-state index < -0.39 is 11.2 Å². The van der Waals surface area contributed by atoms with Crippen LogP contribution in [0.1, 0.15) is 36.6 Å². The van der Waals surface area contributed by atoms with Crippen molar-refractivity contribution < 1.29 is 24.2 Å². The number of rotatable bonds is 7. The number of aliphatic carboxylic acids is 1. The van der Waals surface area contributed by atoms with E-state index in [0.717, 1.165) is 16.8 Å². The minimum absolute atomic E-state index is 0.204. The van der Waals surface area contributed by atoms with E-state index in [2.05, 4.69) is 0 Å². The lowest BCUT2D eigenvalue weighted by Gasteiger charge is -2.27. The predicted molar refractivity (Wildman–Crippen MR) is 124 cm³/mol. The molecule has 8 heteroatoms. The quantitative estimate of drug-likeness (QED) is 0.620. The average Bonchev–Trinajstić information content (AvgIpc) is 2.83. The van der Waals surface area contributed by atoms with Crippen molar-refractivity contribution in [3.05, 3.63) is 52.5 Å². The maximum atomic E-state index is 13.5. The topological polar surface area (TPSA) is 76.1 Å². The lowest BCUT2D eigenvalue weighted by Crippen LogP contribution is -2.40. The monoisotopic (exact) mass is 463 g/mol. The third-order valence-corrected chi connectivity index (χ3v) is 6.75. The van der Waals surface area contributed by atoms with Crippen LogP contribution in [0, 0.1) is 5.92 Å². The number of carboxylic acid groups (broad SMARTS) is 1. The molecule has 31 heavy (non-hydrogen) atoms. The highest BCUT2D eigenvalue weighted by molar-refractivity contribution is 8.01. The van der Waals surface area contributed by atoms with E-state index in [1.54, 1.807) is 31.3 Å².